The van der Waals surface area contributed by atoms with Crippen molar-refractivity contribution in [1.82, 2.24) is 4.98 Å². The summed E-state index contributed by atoms with van der Waals surface area (Å²) in [4.78, 5) is 7.91. The molecular formula is C37H24N2S. The predicted octanol–water partition coefficient (Wildman–Crippen LogP) is 10.7. The van der Waals surface area contributed by atoms with E-state index in [1.807, 2.05) is 84.9 Å². The van der Waals surface area contributed by atoms with Gasteiger partial charge in [0.25, 0.3) is 0 Å². The monoisotopic (exact) mass is 533 g/mol. The summed E-state index contributed by atoms with van der Waals surface area (Å²) < 4.78 is 43.0. The van der Waals surface area contributed by atoms with Gasteiger partial charge in [0.05, 0.1) is 17.4 Å². The lowest BCUT2D eigenvalue weighted by Crippen LogP contribution is -2.10. The Morgan fingerprint density at radius 2 is 1.27 bits per heavy atom. The second kappa shape index (κ2) is 9.33. The van der Waals surface area contributed by atoms with Crippen LogP contribution in [0.3, 0.4) is 0 Å². The van der Waals surface area contributed by atoms with Crippen molar-refractivity contribution in [3.63, 3.8) is 0 Å². The third-order valence-electron chi connectivity index (χ3n) is 7.31. The molecule has 0 atom stereocenters. The number of hydrogen-bond acceptors (Lipinski definition) is 3. The van der Waals surface area contributed by atoms with E-state index >= 15 is 0 Å². The highest BCUT2D eigenvalue weighted by Crippen LogP contribution is 2.53. The molecule has 1 aromatic heterocycles. The molecule has 0 bridgehead atoms. The van der Waals surface area contributed by atoms with Gasteiger partial charge in [0.1, 0.15) is 5.01 Å². The SMILES string of the molecule is [2H]c1c([2H])c([2H])c(N(c2ccc(-c3ccccc3)cc2)c2cc3c4c(cccc4c2)-c2nc(-c4ccccc4)sc2-3)c([2H])c1[2H]. The molecule has 1 aliphatic rings. The Balaban J connectivity index is 1.36. The van der Waals surface area contributed by atoms with Crippen LogP contribution in [-0.2, 0) is 0 Å². The molecular weight excluding hydrogens is 504 g/mol. The summed E-state index contributed by atoms with van der Waals surface area (Å²) in [6.07, 6.45) is 0. The van der Waals surface area contributed by atoms with E-state index in [-0.39, 0.29) is 29.9 Å². The van der Waals surface area contributed by atoms with Gasteiger partial charge in [-0.1, -0.05) is 109 Å². The molecule has 0 unspecified atom stereocenters. The average Bonchev–Trinajstić information content (AvgIpc) is 3.65. The van der Waals surface area contributed by atoms with Gasteiger partial charge < -0.3 is 4.90 Å². The first-order valence-electron chi connectivity index (χ1n) is 15.6. The minimum Gasteiger partial charge on any atom is -0.310 e. The van der Waals surface area contributed by atoms with E-state index in [1.54, 1.807) is 16.2 Å². The number of nitrogens with zero attached hydrogens (tertiary/aromatic N) is 2. The largest absolute Gasteiger partial charge is 0.310 e. The summed E-state index contributed by atoms with van der Waals surface area (Å²) >= 11 is 1.64. The van der Waals surface area contributed by atoms with Crippen molar-refractivity contribution in [3.8, 4) is 43.4 Å². The van der Waals surface area contributed by atoms with Gasteiger partial charge in [-0.3, -0.25) is 0 Å². The third-order valence-corrected chi connectivity index (χ3v) is 8.45. The van der Waals surface area contributed by atoms with Gasteiger partial charge in [-0.15, -0.1) is 11.3 Å². The van der Waals surface area contributed by atoms with Crippen molar-refractivity contribution >= 4 is 39.2 Å². The maximum atomic E-state index is 8.91. The molecule has 6 aromatic carbocycles. The number of rotatable bonds is 5. The molecule has 0 saturated carbocycles. The summed E-state index contributed by atoms with van der Waals surface area (Å²) in [7, 11) is 0. The summed E-state index contributed by atoms with van der Waals surface area (Å²) in [5, 5.41) is 3.03. The first-order chi connectivity index (χ1) is 21.9. The molecule has 8 rings (SSSR count). The van der Waals surface area contributed by atoms with Crippen LogP contribution in [0.5, 0.6) is 0 Å². The number of para-hydroxylation sites is 1. The van der Waals surface area contributed by atoms with E-state index in [1.165, 1.54) is 0 Å². The van der Waals surface area contributed by atoms with Crippen molar-refractivity contribution in [3.05, 3.63) is 145 Å². The highest BCUT2D eigenvalue weighted by molar-refractivity contribution is 7.19. The molecule has 40 heavy (non-hydrogen) atoms. The van der Waals surface area contributed by atoms with Gasteiger partial charge in [-0.05, 0) is 58.2 Å². The normalized spacial score (nSPS) is 13.2. The molecule has 188 valence electrons. The maximum absolute atomic E-state index is 8.91. The number of fused-ring (bicyclic) bond motifs is 3. The highest BCUT2D eigenvalue weighted by Gasteiger charge is 2.28. The van der Waals surface area contributed by atoms with Crippen molar-refractivity contribution in [1.29, 1.82) is 0 Å². The Hall–Kier alpha value is -4.99. The number of hydrogen-bond donors (Lipinski definition) is 0. The van der Waals surface area contributed by atoms with Crippen LogP contribution in [0.1, 0.15) is 6.85 Å². The van der Waals surface area contributed by atoms with Gasteiger partial charge in [-0.25, -0.2) is 4.98 Å². The van der Waals surface area contributed by atoms with Gasteiger partial charge in [0.2, 0.25) is 0 Å². The number of aromatic nitrogens is 1. The second-order valence-corrected chi connectivity index (χ2v) is 10.7. The van der Waals surface area contributed by atoms with Gasteiger partial charge in [0, 0.05) is 33.8 Å². The van der Waals surface area contributed by atoms with Crippen LogP contribution in [0.15, 0.2) is 145 Å². The molecule has 0 N–H and O–H groups in total. The fraction of sp³-hybridized carbons (Fsp3) is 0. The van der Waals surface area contributed by atoms with Crippen molar-refractivity contribution in [2.75, 3.05) is 4.90 Å². The quantitative estimate of drug-likeness (QED) is 0.219. The summed E-state index contributed by atoms with van der Waals surface area (Å²) in [5.74, 6) is 0. The van der Waals surface area contributed by atoms with Crippen molar-refractivity contribution in [2.24, 2.45) is 0 Å². The van der Waals surface area contributed by atoms with Gasteiger partial charge in [0.15, 0.2) is 0 Å². The molecule has 0 amide bonds. The molecule has 0 aliphatic heterocycles. The Morgan fingerprint density at radius 3 is 2.02 bits per heavy atom. The molecule has 0 spiro atoms. The average molecular weight is 534 g/mol. The standard InChI is InChI=1S/C37H24N2S/c1-4-11-25(12-5-1)26-19-21-30(22-20-26)39(29-16-8-3-9-17-29)31-23-28-15-10-18-32-34(28)33(24-31)36-35(32)38-37(40-36)27-13-6-2-7-14-27/h1-24H/i3D,8D,9D,16D,17D. The van der Waals surface area contributed by atoms with Crippen LogP contribution in [-0.4, -0.2) is 4.98 Å². The lowest BCUT2D eigenvalue weighted by molar-refractivity contribution is 1.29. The van der Waals surface area contributed by atoms with Crippen molar-refractivity contribution < 1.29 is 6.85 Å². The Kier molecular flexibility index (Phi) is 4.28. The minimum atomic E-state index is -0.419. The summed E-state index contributed by atoms with van der Waals surface area (Å²) in [6.45, 7) is 0. The van der Waals surface area contributed by atoms with E-state index in [9.17, 15) is 0 Å². The van der Waals surface area contributed by atoms with Crippen LogP contribution in [0.2, 0.25) is 0 Å². The van der Waals surface area contributed by atoms with Crippen LogP contribution in [0, 0.1) is 0 Å². The number of thiazole rings is 1. The van der Waals surface area contributed by atoms with E-state index in [0.29, 0.717) is 11.4 Å². The molecule has 1 heterocycles. The lowest BCUT2D eigenvalue weighted by Gasteiger charge is -2.26. The zero-order valence-corrected chi connectivity index (χ0v) is 22.1. The lowest BCUT2D eigenvalue weighted by atomic mass is 10.0. The Morgan fingerprint density at radius 1 is 0.575 bits per heavy atom. The summed E-state index contributed by atoms with van der Waals surface area (Å²) in [6, 6.07) is 36.6. The molecule has 1 aliphatic carbocycles. The third kappa shape index (κ3) is 3.75. The first kappa shape index (κ1) is 18.3. The zero-order chi connectivity index (χ0) is 30.8. The topological polar surface area (TPSA) is 16.1 Å². The van der Waals surface area contributed by atoms with Gasteiger partial charge in [-0.2, -0.15) is 0 Å². The fourth-order valence-electron chi connectivity index (χ4n) is 5.50. The maximum Gasteiger partial charge on any atom is 0.124 e. The van der Waals surface area contributed by atoms with Crippen LogP contribution in [0.4, 0.5) is 17.1 Å². The Labute approximate surface area is 244 Å². The molecule has 7 aromatic rings. The van der Waals surface area contributed by atoms with Crippen LogP contribution in [0.25, 0.3) is 54.2 Å². The molecule has 0 radical (unpaired) electrons. The van der Waals surface area contributed by atoms with E-state index in [4.69, 9.17) is 11.8 Å². The predicted molar refractivity (Wildman–Crippen MR) is 170 cm³/mol. The fourth-order valence-corrected chi connectivity index (χ4v) is 6.61. The molecule has 3 heteroatoms. The highest BCUT2D eigenvalue weighted by atomic mass is 32.1. The molecule has 2 nitrogen and oxygen atoms in total. The van der Waals surface area contributed by atoms with E-state index in [2.05, 4.69) is 30.3 Å². The number of benzene rings is 6. The van der Waals surface area contributed by atoms with E-state index in [0.717, 1.165) is 54.2 Å². The van der Waals surface area contributed by atoms with Crippen LogP contribution >= 0.6 is 11.3 Å². The van der Waals surface area contributed by atoms with E-state index < -0.39 is 6.04 Å². The van der Waals surface area contributed by atoms with Crippen molar-refractivity contribution in [2.45, 2.75) is 0 Å². The smallest absolute Gasteiger partial charge is 0.124 e. The van der Waals surface area contributed by atoms with Gasteiger partial charge >= 0.3 is 0 Å². The Bertz CT molecular complexity index is 2240. The zero-order valence-electron chi connectivity index (χ0n) is 26.3. The second-order valence-electron chi connectivity index (χ2n) is 9.68. The number of anilines is 3. The summed E-state index contributed by atoms with van der Waals surface area (Å²) in [5.41, 5.74) is 7.66. The molecule has 0 saturated heterocycles. The minimum absolute atomic E-state index is 0.101. The van der Waals surface area contributed by atoms with Crippen LogP contribution < -0.4 is 4.90 Å². The molecule has 0 fully saturated rings. The first-order valence-corrected chi connectivity index (χ1v) is 13.9.